The number of esters is 1. The minimum atomic E-state index is -0.821. The number of aliphatic hydroxyl groups excluding tert-OH is 1. The fraction of sp³-hybridized carbons (Fsp3) is 0.310. The monoisotopic (exact) mass is 560 g/mol. The number of carbonyl (C=O) groups is 3. The summed E-state index contributed by atoms with van der Waals surface area (Å²) in [6, 6.07) is 13.4. The molecule has 6 rings (SSSR count). The predicted octanol–water partition coefficient (Wildman–Crippen LogP) is 3.55. The van der Waals surface area contributed by atoms with Crippen molar-refractivity contribution in [3.8, 4) is 0 Å². The van der Waals surface area contributed by atoms with Crippen molar-refractivity contribution in [2.45, 2.75) is 13.0 Å². The first-order valence-electron chi connectivity index (χ1n) is 13.0. The normalized spacial score (nSPS) is 18.3. The fourth-order valence-electron chi connectivity index (χ4n) is 5.45. The van der Waals surface area contributed by atoms with Crippen LogP contribution < -0.4 is 0 Å². The van der Waals surface area contributed by atoms with Gasteiger partial charge in [-0.05, 0) is 36.8 Å². The summed E-state index contributed by atoms with van der Waals surface area (Å²) in [4.78, 5) is 49.1. The van der Waals surface area contributed by atoms with Crippen molar-refractivity contribution >= 4 is 45.0 Å². The Labute approximate surface area is 234 Å². The van der Waals surface area contributed by atoms with Gasteiger partial charge in [-0.2, -0.15) is 0 Å². The van der Waals surface area contributed by atoms with Crippen molar-refractivity contribution in [3.05, 3.63) is 81.6 Å². The number of aliphatic hydroxyl groups is 1. The van der Waals surface area contributed by atoms with Crippen LogP contribution in [0.1, 0.15) is 37.3 Å². The van der Waals surface area contributed by atoms with Gasteiger partial charge in [-0.25, -0.2) is 9.78 Å². The highest BCUT2D eigenvalue weighted by molar-refractivity contribution is 7.19. The summed E-state index contributed by atoms with van der Waals surface area (Å²) in [6.07, 6.45) is 0. The molecule has 1 unspecified atom stereocenters. The largest absolute Gasteiger partial charge is 0.503 e. The van der Waals surface area contributed by atoms with E-state index in [2.05, 4.69) is 9.88 Å². The Hall–Kier alpha value is -4.06. The molecule has 10 nitrogen and oxygen atoms in total. The summed E-state index contributed by atoms with van der Waals surface area (Å²) in [5.41, 5.74) is 3.38. The Bertz CT molecular complexity index is 1670. The number of para-hydroxylation sites is 2. The maximum absolute atomic E-state index is 14.2. The smallest absolute Gasteiger partial charge is 0.337 e. The standard InChI is InChI=1S/C29H28N4O6S/c1-17-26(40-29-30-20-5-3-4-6-21(20)33(17)29)24(34)22-23(18-7-9-19(10-8-18)28(37)38-2)32(27(36)25(22)35)12-11-31-13-15-39-16-14-31/h3-10,23,35H,11-16H2,1-2H3. The molecule has 1 atom stereocenters. The van der Waals surface area contributed by atoms with E-state index < -0.39 is 29.5 Å². The van der Waals surface area contributed by atoms with E-state index in [1.807, 2.05) is 35.6 Å². The van der Waals surface area contributed by atoms with Gasteiger partial charge in [0, 0.05) is 31.9 Å². The van der Waals surface area contributed by atoms with Gasteiger partial charge in [0.2, 0.25) is 5.78 Å². The quantitative estimate of drug-likeness (QED) is 0.270. The number of ketones is 1. The SMILES string of the molecule is COC(=O)c1ccc(C2C(C(=O)c3sc4nc5ccccc5n4c3C)=C(O)C(=O)N2CCN2CCOCC2)cc1. The highest BCUT2D eigenvalue weighted by Gasteiger charge is 2.44. The lowest BCUT2D eigenvalue weighted by Gasteiger charge is -2.31. The van der Waals surface area contributed by atoms with Crippen molar-refractivity contribution < 1.29 is 29.0 Å². The molecular formula is C29H28N4O6S. The van der Waals surface area contributed by atoms with Crippen molar-refractivity contribution in [1.82, 2.24) is 19.2 Å². The molecule has 1 fully saturated rings. The third-order valence-electron chi connectivity index (χ3n) is 7.55. The number of nitrogens with zero attached hydrogens (tertiary/aromatic N) is 4. The van der Waals surface area contributed by atoms with Crippen LogP contribution in [0.2, 0.25) is 0 Å². The molecular weight excluding hydrogens is 532 g/mol. The minimum Gasteiger partial charge on any atom is -0.503 e. The van der Waals surface area contributed by atoms with E-state index in [4.69, 9.17) is 9.47 Å². The summed E-state index contributed by atoms with van der Waals surface area (Å²) < 4.78 is 12.2. The lowest BCUT2D eigenvalue weighted by atomic mass is 9.94. The van der Waals surface area contributed by atoms with Crippen molar-refractivity contribution in [1.29, 1.82) is 0 Å². The summed E-state index contributed by atoms with van der Waals surface area (Å²) >= 11 is 1.24. The first kappa shape index (κ1) is 26.2. The number of thiazole rings is 1. The van der Waals surface area contributed by atoms with Crippen LogP contribution in [0.15, 0.2) is 59.9 Å². The Morgan fingerprint density at radius 2 is 1.82 bits per heavy atom. The zero-order valence-electron chi connectivity index (χ0n) is 22.1. The van der Waals surface area contributed by atoms with E-state index in [0.29, 0.717) is 53.0 Å². The Morgan fingerprint density at radius 1 is 1.10 bits per heavy atom. The van der Waals surface area contributed by atoms with Gasteiger partial charge < -0.3 is 19.5 Å². The number of hydrogen-bond donors (Lipinski definition) is 1. The lowest BCUT2D eigenvalue weighted by Crippen LogP contribution is -2.43. The summed E-state index contributed by atoms with van der Waals surface area (Å²) in [5.74, 6) is -2.05. The number of fused-ring (bicyclic) bond motifs is 3. The molecule has 2 aromatic heterocycles. The molecule has 4 heterocycles. The number of rotatable bonds is 7. The topological polar surface area (TPSA) is 114 Å². The molecule has 206 valence electrons. The molecule has 2 aliphatic rings. The fourth-order valence-corrected chi connectivity index (χ4v) is 6.55. The van der Waals surface area contributed by atoms with E-state index in [9.17, 15) is 19.5 Å². The number of amides is 1. The van der Waals surface area contributed by atoms with Crippen molar-refractivity contribution in [2.75, 3.05) is 46.5 Å². The number of imidazole rings is 1. The molecule has 2 aromatic carbocycles. The Kier molecular flexibility index (Phi) is 6.87. The molecule has 1 saturated heterocycles. The molecule has 2 aliphatic heterocycles. The van der Waals surface area contributed by atoms with Crippen LogP contribution in [-0.4, -0.2) is 88.5 Å². The molecule has 0 saturated carbocycles. The van der Waals surface area contributed by atoms with Crippen LogP contribution in [0, 0.1) is 6.92 Å². The number of methoxy groups -OCH3 is 1. The number of hydrogen-bond acceptors (Lipinski definition) is 9. The minimum absolute atomic E-state index is 0.0229. The third kappa shape index (κ3) is 4.36. The second kappa shape index (κ2) is 10.5. The lowest BCUT2D eigenvalue weighted by molar-refractivity contribution is -0.129. The maximum atomic E-state index is 14.2. The molecule has 0 bridgehead atoms. The van der Waals surface area contributed by atoms with Gasteiger partial charge in [-0.15, -0.1) is 0 Å². The summed E-state index contributed by atoms with van der Waals surface area (Å²) in [6.45, 7) is 5.44. The highest BCUT2D eigenvalue weighted by atomic mass is 32.1. The van der Waals surface area contributed by atoms with Crippen molar-refractivity contribution in [2.24, 2.45) is 0 Å². The zero-order chi connectivity index (χ0) is 28.0. The molecule has 0 radical (unpaired) electrons. The third-order valence-corrected chi connectivity index (χ3v) is 8.69. The molecule has 0 aliphatic carbocycles. The number of aromatic nitrogens is 2. The van der Waals surface area contributed by atoms with Gasteiger partial charge in [0.05, 0.1) is 53.4 Å². The first-order valence-corrected chi connectivity index (χ1v) is 13.8. The van der Waals surface area contributed by atoms with Crippen LogP contribution in [0.4, 0.5) is 0 Å². The predicted molar refractivity (Wildman–Crippen MR) is 149 cm³/mol. The van der Waals surface area contributed by atoms with E-state index in [1.54, 1.807) is 24.3 Å². The molecule has 1 N–H and O–H groups in total. The molecule has 40 heavy (non-hydrogen) atoms. The van der Waals surface area contributed by atoms with Crippen molar-refractivity contribution in [3.63, 3.8) is 0 Å². The van der Waals surface area contributed by atoms with E-state index in [-0.39, 0.29) is 5.57 Å². The molecule has 4 aromatic rings. The van der Waals surface area contributed by atoms with Gasteiger partial charge in [-0.3, -0.25) is 18.9 Å². The number of carbonyl (C=O) groups excluding carboxylic acids is 3. The van der Waals surface area contributed by atoms with Gasteiger partial charge >= 0.3 is 5.97 Å². The van der Waals surface area contributed by atoms with Crippen LogP contribution >= 0.6 is 11.3 Å². The van der Waals surface area contributed by atoms with Gasteiger partial charge in [0.15, 0.2) is 10.7 Å². The van der Waals surface area contributed by atoms with Gasteiger partial charge in [-0.1, -0.05) is 35.6 Å². The highest BCUT2D eigenvalue weighted by Crippen LogP contribution is 2.41. The Morgan fingerprint density at radius 3 is 2.55 bits per heavy atom. The number of Topliss-reactive ketones (excluding diaryl/α,β-unsaturated/α-hetero) is 1. The van der Waals surface area contributed by atoms with Crippen LogP contribution in [0.25, 0.3) is 16.0 Å². The number of aryl methyl sites for hydroxylation is 1. The average molecular weight is 561 g/mol. The maximum Gasteiger partial charge on any atom is 0.337 e. The number of morpholine rings is 1. The van der Waals surface area contributed by atoms with Gasteiger partial charge in [0.25, 0.3) is 5.91 Å². The van der Waals surface area contributed by atoms with Crippen LogP contribution in [0.5, 0.6) is 0 Å². The second-order valence-electron chi connectivity index (χ2n) is 9.80. The summed E-state index contributed by atoms with van der Waals surface area (Å²) in [5, 5.41) is 11.1. The summed E-state index contributed by atoms with van der Waals surface area (Å²) in [7, 11) is 1.31. The average Bonchev–Trinajstić information content (AvgIpc) is 3.60. The van der Waals surface area contributed by atoms with Crippen LogP contribution in [-0.2, 0) is 14.3 Å². The van der Waals surface area contributed by atoms with E-state index >= 15 is 0 Å². The molecule has 0 spiro atoms. The molecule has 11 heteroatoms. The number of ether oxygens (including phenoxy) is 2. The van der Waals surface area contributed by atoms with Crippen LogP contribution in [0.3, 0.4) is 0 Å². The van der Waals surface area contributed by atoms with E-state index in [1.165, 1.54) is 23.3 Å². The Balaban J connectivity index is 1.40. The zero-order valence-corrected chi connectivity index (χ0v) is 22.9. The molecule has 1 amide bonds. The van der Waals surface area contributed by atoms with Gasteiger partial charge in [0.1, 0.15) is 0 Å². The first-order chi connectivity index (χ1) is 19.4. The van der Waals surface area contributed by atoms with E-state index in [0.717, 1.165) is 24.1 Å². The second-order valence-corrected chi connectivity index (χ2v) is 10.8. The number of benzene rings is 2.